The summed E-state index contributed by atoms with van der Waals surface area (Å²) in [7, 11) is 0. The van der Waals surface area contributed by atoms with E-state index in [1.54, 1.807) is 0 Å². The van der Waals surface area contributed by atoms with Gasteiger partial charge < -0.3 is 26.4 Å². The highest BCUT2D eigenvalue weighted by molar-refractivity contribution is 5.98. The first kappa shape index (κ1) is 31.7. The Kier molecular flexibility index (Phi) is 10.8. The second kappa shape index (κ2) is 15.3. The van der Waals surface area contributed by atoms with Gasteiger partial charge in [-0.3, -0.25) is 14.9 Å². The van der Waals surface area contributed by atoms with Crippen molar-refractivity contribution in [1.29, 1.82) is 0 Å². The number of amides is 2. The first-order chi connectivity index (χ1) is 21.9. The molecule has 4 aromatic carbocycles. The number of nitrogens with one attached hydrogen (secondary N) is 2. The maximum atomic E-state index is 14.2. The lowest BCUT2D eigenvalue weighted by molar-refractivity contribution is -0.135. The highest BCUT2D eigenvalue weighted by Gasteiger charge is 2.37. The molecule has 6 N–H and O–H groups in total. The Labute approximate surface area is 264 Å². The quantitative estimate of drug-likeness (QED) is 0.141. The van der Waals surface area contributed by atoms with Gasteiger partial charge in [-0.2, -0.15) is 0 Å². The fourth-order valence-electron chi connectivity index (χ4n) is 5.78. The molecular weight excluding hydrogens is 564 g/mol. The van der Waals surface area contributed by atoms with Crippen LogP contribution in [0.2, 0.25) is 0 Å². The van der Waals surface area contributed by atoms with Crippen molar-refractivity contribution in [3.63, 3.8) is 0 Å². The van der Waals surface area contributed by atoms with Crippen molar-refractivity contribution in [3.8, 4) is 0 Å². The standard InChI is InChI=1S/C36H42N6O3/c1-2-31(41-36(37)38)33-35(44)42(23-32(27-14-7-4-8-15-27)45-24-25-11-5-3-6-12-25)20-19-30(40-33)22-39-34(43)29-18-17-26-13-9-10-16-28(26)21-29/h3-18,21,30-33,40H,2,19-20,22-24H2,1H3,(H,39,43)(H4,37,38,41)/t30-,31?,32?,33-/m0/s1. The van der Waals surface area contributed by atoms with Crippen LogP contribution in [-0.4, -0.2) is 60.4 Å². The maximum Gasteiger partial charge on any atom is 0.251 e. The van der Waals surface area contributed by atoms with Crippen molar-refractivity contribution in [2.75, 3.05) is 19.6 Å². The van der Waals surface area contributed by atoms with Crippen LogP contribution in [0.25, 0.3) is 10.8 Å². The SMILES string of the molecule is CCC(N=C(N)N)[C@@H]1N[C@H](CNC(=O)c2ccc3ccccc3c2)CCN(CC(OCc2ccccc2)c2ccccc2)C1=O. The molecule has 0 saturated carbocycles. The lowest BCUT2D eigenvalue weighted by Gasteiger charge is -2.31. The van der Waals surface area contributed by atoms with Gasteiger partial charge in [0.15, 0.2) is 5.96 Å². The van der Waals surface area contributed by atoms with E-state index >= 15 is 0 Å². The van der Waals surface area contributed by atoms with Crippen molar-refractivity contribution >= 4 is 28.5 Å². The van der Waals surface area contributed by atoms with Crippen LogP contribution in [-0.2, 0) is 16.1 Å². The van der Waals surface area contributed by atoms with Gasteiger partial charge in [0.05, 0.1) is 19.2 Å². The molecule has 4 aromatic rings. The van der Waals surface area contributed by atoms with Crippen LogP contribution in [0.4, 0.5) is 0 Å². The smallest absolute Gasteiger partial charge is 0.251 e. The summed E-state index contributed by atoms with van der Waals surface area (Å²) in [6.07, 6.45) is 0.833. The van der Waals surface area contributed by atoms with E-state index in [9.17, 15) is 9.59 Å². The van der Waals surface area contributed by atoms with Gasteiger partial charge in [-0.25, -0.2) is 4.99 Å². The summed E-state index contributed by atoms with van der Waals surface area (Å²) < 4.78 is 6.44. The van der Waals surface area contributed by atoms with Gasteiger partial charge in [-0.1, -0.05) is 97.9 Å². The minimum absolute atomic E-state index is 0.0678. The van der Waals surface area contributed by atoms with Crippen molar-refractivity contribution in [1.82, 2.24) is 15.5 Å². The fourth-order valence-corrected chi connectivity index (χ4v) is 5.78. The van der Waals surface area contributed by atoms with Crippen LogP contribution in [0.1, 0.15) is 47.4 Å². The highest BCUT2D eigenvalue weighted by atomic mass is 16.5. The third kappa shape index (κ3) is 8.47. The predicted molar refractivity (Wildman–Crippen MR) is 178 cm³/mol. The summed E-state index contributed by atoms with van der Waals surface area (Å²) in [5.74, 6) is -0.331. The lowest BCUT2D eigenvalue weighted by Crippen LogP contribution is -2.54. The summed E-state index contributed by atoms with van der Waals surface area (Å²) in [5, 5.41) is 8.65. The molecule has 1 aliphatic rings. The molecule has 0 spiro atoms. The number of carbonyl (C=O) groups is 2. The van der Waals surface area contributed by atoms with Crippen molar-refractivity contribution in [3.05, 3.63) is 120 Å². The summed E-state index contributed by atoms with van der Waals surface area (Å²) in [4.78, 5) is 33.6. The Morgan fingerprint density at radius 3 is 2.38 bits per heavy atom. The molecule has 9 nitrogen and oxygen atoms in total. The molecule has 9 heteroatoms. The number of nitrogens with zero attached hydrogens (tertiary/aromatic N) is 2. The molecule has 0 radical (unpaired) electrons. The van der Waals surface area contributed by atoms with Crippen LogP contribution >= 0.6 is 0 Å². The second-order valence-corrected chi connectivity index (χ2v) is 11.4. The van der Waals surface area contributed by atoms with Crippen LogP contribution in [0, 0.1) is 0 Å². The van der Waals surface area contributed by atoms with Crippen molar-refractivity contribution < 1.29 is 14.3 Å². The molecule has 1 aliphatic heterocycles. The van der Waals surface area contributed by atoms with Gasteiger partial charge in [0.1, 0.15) is 12.1 Å². The van der Waals surface area contributed by atoms with E-state index < -0.39 is 12.1 Å². The molecule has 0 aromatic heterocycles. The number of ether oxygens (including phenoxy) is 1. The Hall–Kier alpha value is -4.73. The van der Waals surface area contributed by atoms with Gasteiger partial charge in [-0.05, 0) is 46.9 Å². The lowest BCUT2D eigenvalue weighted by atomic mass is 10.0. The topological polar surface area (TPSA) is 135 Å². The largest absolute Gasteiger partial charge is 0.370 e. The van der Waals surface area contributed by atoms with Crippen LogP contribution in [0.5, 0.6) is 0 Å². The first-order valence-corrected chi connectivity index (χ1v) is 15.5. The molecule has 2 unspecified atom stereocenters. The van der Waals surface area contributed by atoms with Gasteiger partial charge in [-0.15, -0.1) is 0 Å². The number of carbonyl (C=O) groups excluding carboxylic acids is 2. The number of fused-ring (bicyclic) bond motifs is 1. The molecule has 45 heavy (non-hydrogen) atoms. The fraction of sp³-hybridized carbons (Fsp3) is 0.306. The van der Waals surface area contributed by atoms with Crippen LogP contribution < -0.4 is 22.1 Å². The second-order valence-electron chi connectivity index (χ2n) is 11.4. The minimum Gasteiger partial charge on any atom is -0.370 e. The Morgan fingerprint density at radius 2 is 1.67 bits per heavy atom. The number of hydrogen-bond acceptors (Lipinski definition) is 5. The average molecular weight is 607 g/mol. The highest BCUT2D eigenvalue weighted by Crippen LogP contribution is 2.24. The summed E-state index contributed by atoms with van der Waals surface area (Å²) in [6, 6.07) is 32.2. The zero-order valence-electron chi connectivity index (χ0n) is 25.6. The molecule has 5 rings (SSSR count). The monoisotopic (exact) mass is 606 g/mol. The van der Waals surface area contributed by atoms with E-state index in [-0.39, 0.29) is 29.9 Å². The molecule has 4 atom stereocenters. The van der Waals surface area contributed by atoms with Crippen LogP contribution in [0.3, 0.4) is 0 Å². The number of benzene rings is 4. The summed E-state index contributed by atoms with van der Waals surface area (Å²) >= 11 is 0. The van der Waals surface area contributed by atoms with Gasteiger partial charge >= 0.3 is 0 Å². The molecule has 234 valence electrons. The number of rotatable bonds is 12. The molecule has 0 aliphatic carbocycles. The van der Waals surface area contributed by atoms with E-state index in [1.807, 2.05) is 115 Å². The van der Waals surface area contributed by atoms with E-state index in [1.165, 1.54) is 0 Å². The Bertz CT molecular complexity index is 1590. The molecule has 2 amide bonds. The number of nitrogens with two attached hydrogens (primary N) is 2. The zero-order valence-corrected chi connectivity index (χ0v) is 25.6. The van der Waals surface area contributed by atoms with Crippen molar-refractivity contribution in [2.45, 2.75) is 50.6 Å². The minimum atomic E-state index is -0.673. The zero-order chi connectivity index (χ0) is 31.6. The summed E-state index contributed by atoms with van der Waals surface area (Å²) in [5.41, 5.74) is 14.2. The predicted octanol–water partition coefficient (Wildman–Crippen LogP) is 4.14. The molecule has 0 bridgehead atoms. The third-order valence-corrected chi connectivity index (χ3v) is 8.23. The molecule has 1 saturated heterocycles. The van der Waals surface area contributed by atoms with E-state index in [0.29, 0.717) is 44.6 Å². The molecule has 1 fully saturated rings. The first-order valence-electron chi connectivity index (χ1n) is 15.5. The van der Waals surface area contributed by atoms with Gasteiger partial charge in [0.2, 0.25) is 5.91 Å². The van der Waals surface area contributed by atoms with Gasteiger partial charge in [0, 0.05) is 24.7 Å². The number of aliphatic imine (C=N–C) groups is 1. The van der Waals surface area contributed by atoms with Crippen molar-refractivity contribution in [2.24, 2.45) is 16.5 Å². The van der Waals surface area contributed by atoms with E-state index in [0.717, 1.165) is 21.9 Å². The number of hydrogen-bond donors (Lipinski definition) is 4. The summed E-state index contributed by atoms with van der Waals surface area (Å²) in [6.45, 7) is 3.55. The Morgan fingerprint density at radius 1 is 0.978 bits per heavy atom. The van der Waals surface area contributed by atoms with Gasteiger partial charge in [0.25, 0.3) is 5.91 Å². The normalized spacial score (nSPS) is 18.2. The average Bonchev–Trinajstić information content (AvgIpc) is 3.22. The third-order valence-electron chi connectivity index (χ3n) is 8.23. The number of guanidine groups is 1. The Balaban J connectivity index is 1.33. The van der Waals surface area contributed by atoms with Crippen LogP contribution in [0.15, 0.2) is 108 Å². The van der Waals surface area contributed by atoms with E-state index in [4.69, 9.17) is 16.2 Å². The molecule has 1 heterocycles. The van der Waals surface area contributed by atoms with E-state index in [2.05, 4.69) is 15.6 Å². The molecular formula is C36H42N6O3. The maximum absolute atomic E-state index is 14.2.